The summed E-state index contributed by atoms with van der Waals surface area (Å²) < 4.78 is 5.03. The van der Waals surface area contributed by atoms with Gasteiger partial charge in [-0.3, -0.25) is 4.79 Å². The maximum Gasteiger partial charge on any atom is 0.315 e. The van der Waals surface area contributed by atoms with Crippen LogP contribution in [-0.4, -0.2) is 28.8 Å². The Labute approximate surface area is 123 Å². The zero-order valence-corrected chi connectivity index (χ0v) is 12.4. The molecule has 7 heteroatoms. The van der Waals surface area contributed by atoms with E-state index in [4.69, 9.17) is 9.63 Å². The van der Waals surface area contributed by atoms with E-state index in [0.717, 1.165) is 30.5 Å². The van der Waals surface area contributed by atoms with Gasteiger partial charge in [0.05, 0.1) is 12.1 Å². The Bertz CT molecular complexity index is 515. The molecule has 1 fully saturated rings. The average Bonchev–Trinajstić information content (AvgIpc) is 2.69. The van der Waals surface area contributed by atoms with Gasteiger partial charge in [-0.15, -0.1) is 0 Å². The maximum atomic E-state index is 11.8. The summed E-state index contributed by atoms with van der Waals surface area (Å²) in [6.45, 7) is 4.36. The van der Waals surface area contributed by atoms with Gasteiger partial charge in [-0.2, -0.15) is 0 Å². The highest BCUT2D eigenvalue weighted by atomic mass is 16.5. The number of amides is 2. The molecule has 1 heterocycles. The first-order valence-corrected chi connectivity index (χ1v) is 7.07. The summed E-state index contributed by atoms with van der Waals surface area (Å²) in [5, 5.41) is 18.3. The quantitative estimate of drug-likeness (QED) is 0.741. The normalized spacial score (nSPS) is 16.1. The number of nitrogens with zero attached hydrogens (tertiary/aromatic N) is 1. The lowest BCUT2D eigenvalue weighted by Gasteiger charge is -2.40. The van der Waals surface area contributed by atoms with Crippen LogP contribution in [0.15, 0.2) is 4.52 Å². The predicted octanol–water partition coefficient (Wildman–Crippen LogP) is 1.74. The van der Waals surface area contributed by atoms with E-state index in [0.29, 0.717) is 18.8 Å². The van der Waals surface area contributed by atoms with Gasteiger partial charge in [0.15, 0.2) is 0 Å². The molecular formula is C14H21N3O4. The van der Waals surface area contributed by atoms with Gasteiger partial charge >= 0.3 is 12.0 Å². The van der Waals surface area contributed by atoms with Crippen molar-refractivity contribution in [2.45, 2.75) is 46.1 Å². The molecule has 0 saturated heterocycles. The molecule has 116 valence electrons. The Hall–Kier alpha value is -2.05. The smallest absolute Gasteiger partial charge is 0.315 e. The van der Waals surface area contributed by atoms with Crippen LogP contribution >= 0.6 is 0 Å². The Morgan fingerprint density at radius 3 is 2.52 bits per heavy atom. The third-order valence-corrected chi connectivity index (χ3v) is 4.17. The van der Waals surface area contributed by atoms with Crippen molar-refractivity contribution in [2.75, 3.05) is 6.54 Å². The summed E-state index contributed by atoms with van der Waals surface area (Å²) in [6, 6.07) is -0.299. The number of nitrogens with one attached hydrogen (secondary N) is 2. The van der Waals surface area contributed by atoms with Crippen LogP contribution in [0, 0.1) is 19.3 Å². The first-order chi connectivity index (χ1) is 9.92. The first-order valence-electron chi connectivity index (χ1n) is 7.07. The van der Waals surface area contributed by atoms with Crippen molar-refractivity contribution in [2.24, 2.45) is 5.41 Å². The van der Waals surface area contributed by atoms with Crippen molar-refractivity contribution in [1.29, 1.82) is 0 Å². The second kappa shape index (κ2) is 6.15. The van der Waals surface area contributed by atoms with Crippen LogP contribution in [0.2, 0.25) is 0 Å². The molecule has 3 N–H and O–H groups in total. The third kappa shape index (κ3) is 3.74. The monoisotopic (exact) mass is 295 g/mol. The van der Waals surface area contributed by atoms with E-state index in [-0.39, 0.29) is 17.9 Å². The van der Waals surface area contributed by atoms with Gasteiger partial charge in [0, 0.05) is 18.7 Å². The zero-order valence-electron chi connectivity index (χ0n) is 12.4. The highest BCUT2D eigenvalue weighted by Gasteiger charge is 2.39. The molecular weight excluding hydrogens is 274 g/mol. The van der Waals surface area contributed by atoms with Crippen LogP contribution in [0.3, 0.4) is 0 Å². The van der Waals surface area contributed by atoms with Crippen LogP contribution < -0.4 is 10.6 Å². The van der Waals surface area contributed by atoms with E-state index in [9.17, 15) is 9.59 Å². The van der Waals surface area contributed by atoms with Crippen molar-refractivity contribution in [3.8, 4) is 0 Å². The van der Waals surface area contributed by atoms with Crippen molar-refractivity contribution in [3.63, 3.8) is 0 Å². The topological polar surface area (TPSA) is 104 Å². The second-order valence-electron chi connectivity index (χ2n) is 5.76. The van der Waals surface area contributed by atoms with E-state index in [2.05, 4.69) is 15.8 Å². The van der Waals surface area contributed by atoms with Crippen molar-refractivity contribution >= 4 is 12.0 Å². The Morgan fingerprint density at radius 2 is 2.05 bits per heavy atom. The van der Waals surface area contributed by atoms with E-state index in [1.54, 1.807) is 6.92 Å². The molecule has 1 aliphatic carbocycles. The van der Waals surface area contributed by atoms with E-state index < -0.39 is 5.97 Å². The summed E-state index contributed by atoms with van der Waals surface area (Å²) in [5.74, 6) is -0.123. The molecule has 1 aromatic rings. The van der Waals surface area contributed by atoms with Crippen LogP contribution in [0.25, 0.3) is 0 Å². The molecule has 21 heavy (non-hydrogen) atoms. The van der Waals surface area contributed by atoms with Crippen LogP contribution in [0.1, 0.15) is 42.7 Å². The summed E-state index contributed by atoms with van der Waals surface area (Å²) in [5.41, 5.74) is 1.36. The lowest BCUT2D eigenvalue weighted by molar-refractivity contribution is -0.141. The molecule has 2 rings (SSSR count). The second-order valence-corrected chi connectivity index (χ2v) is 5.76. The number of aryl methyl sites for hydroxylation is 2. The maximum absolute atomic E-state index is 11.8. The van der Waals surface area contributed by atoms with Crippen LogP contribution in [0.4, 0.5) is 4.79 Å². The van der Waals surface area contributed by atoms with E-state index >= 15 is 0 Å². The average molecular weight is 295 g/mol. The molecule has 0 atom stereocenters. The Balaban J connectivity index is 1.78. The zero-order chi connectivity index (χ0) is 15.5. The molecule has 1 aliphatic rings. The van der Waals surface area contributed by atoms with Crippen molar-refractivity contribution in [1.82, 2.24) is 15.8 Å². The highest BCUT2D eigenvalue weighted by molar-refractivity contribution is 5.74. The Kier molecular flexibility index (Phi) is 4.50. The van der Waals surface area contributed by atoms with Gasteiger partial charge in [-0.1, -0.05) is 11.6 Å². The summed E-state index contributed by atoms with van der Waals surface area (Å²) >= 11 is 0. The summed E-state index contributed by atoms with van der Waals surface area (Å²) in [7, 11) is 0. The molecule has 0 unspecified atom stereocenters. The lowest BCUT2D eigenvalue weighted by Crippen LogP contribution is -2.46. The minimum Gasteiger partial charge on any atom is -0.481 e. The number of hydrogen-bond acceptors (Lipinski definition) is 4. The summed E-state index contributed by atoms with van der Waals surface area (Å²) in [4.78, 5) is 22.7. The molecule has 1 saturated carbocycles. The molecule has 0 radical (unpaired) electrons. The van der Waals surface area contributed by atoms with Gasteiger partial charge in [0.1, 0.15) is 5.76 Å². The van der Waals surface area contributed by atoms with E-state index in [1.165, 1.54) is 0 Å². The van der Waals surface area contributed by atoms with Gasteiger partial charge in [-0.05, 0) is 32.1 Å². The largest absolute Gasteiger partial charge is 0.481 e. The van der Waals surface area contributed by atoms with Gasteiger partial charge in [0.25, 0.3) is 0 Å². The number of rotatable bonds is 6. The highest BCUT2D eigenvalue weighted by Crippen LogP contribution is 2.43. The third-order valence-electron chi connectivity index (χ3n) is 4.17. The number of carbonyl (C=O) groups excluding carboxylic acids is 1. The number of aliphatic carboxylic acids is 1. The fourth-order valence-electron chi connectivity index (χ4n) is 2.67. The summed E-state index contributed by atoms with van der Waals surface area (Å²) in [6.07, 6.45) is 2.83. The molecule has 7 nitrogen and oxygen atoms in total. The SMILES string of the molecule is Cc1noc(C)c1CNC(=O)NCC1(CC(=O)O)CCC1. The number of carbonyl (C=O) groups is 2. The molecule has 0 aromatic carbocycles. The van der Waals surface area contributed by atoms with E-state index in [1.807, 2.05) is 6.92 Å². The molecule has 0 spiro atoms. The fraction of sp³-hybridized carbons (Fsp3) is 0.643. The van der Waals surface area contributed by atoms with Crippen molar-refractivity contribution < 1.29 is 19.2 Å². The number of carboxylic acids is 1. The predicted molar refractivity (Wildman–Crippen MR) is 74.8 cm³/mol. The minimum absolute atomic E-state index is 0.108. The standard InChI is InChI=1S/C14H21N3O4/c1-9-11(10(2)21-17-9)7-15-13(20)16-8-14(4-3-5-14)6-12(18)19/h3-8H2,1-2H3,(H,18,19)(H2,15,16,20). The molecule has 1 aromatic heterocycles. The number of carboxylic acid groups (broad SMARTS) is 1. The molecule has 0 bridgehead atoms. The lowest BCUT2D eigenvalue weighted by atomic mass is 9.66. The molecule has 0 aliphatic heterocycles. The number of hydrogen-bond donors (Lipinski definition) is 3. The fourth-order valence-corrected chi connectivity index (χ4v) is 2.67. The minimum atomic E-state index is -0.812. The number of urea groups is 1. The van der Waals surface area contributed by atoms with Crippen molar-refractivity contribution in [3.05, 3.63) is 17.0 Å². The molecule has 2 amide bonds. The van der Waals surface area contributed by atoms with Gasteiger partial charge in [-0.25, -0.2) is 4.79 Å². The van der Waals surface area contributed by atoms with Gasteiger partial charge < -0.3 is 20.3 Å². The Morgan fingerprint density at radius 1 is 1.33 bits per heavy atom. The van der Waals surface area contributed by atoms with Crippen LogP contribution in [0.5, 0.6) is 0 Å². The van der Waals surface area contributed by atoms with Crippen LogP contribution in [-0.2, 0) is 11.3 Å². The van der Waals surface area contributed by atoms with Gasteiger partial charge in [0.2, 0.25) is 0 Å². The first kappa shape index (κ1) is 15.3. The number of aromatic nitrogens is 1.